The van der Waals surface area contributed by atoms with Crippen molar-refractivity contribution in [3.63, 3.8) is 0 Å². The first-order valence-corrected chi connectivity index (χ1v) is 8.85. The van der Waals surface area contributed by atoms with Crippen molar-refractivity contribution in [2.75, 3.05) is 13.1 Å². The summed E-state index contributed by atoms with van der Waals surface area (Å²) in [4.78, 5) is 14.7. The van der Waals surface area contributed by atoms with E-state index < -0.39 is 0 Å². The third-order valence-electron chi connectivity index (χ3n) is 5.09. The van der Waals surface area contributed by atoms with Gasteiger partial charge < -0.3 is 9.51 Å². The topological polar surface area (TPSA) is 70.8 Å². The van der Waals surface area contributed by atoms with Crippen LogP contribution >= 0.6 is 0 Å². The Morgan fingerprint density at radius 1 is 1.32 bits per heavy atom. The molecule has 130 valence electrons. The number of aryl methyl sites for hydroxylation is 1. The average molecular weight is 337 g/mol. The Kier molecular flexibility index (Phi) is 4.36. The minimum Gasteiger partial charge on any atom is -0.348 e. The molecular weight excluding hydrogens is 314 g/mol. The van der Waals surface area contributed by atoms with Gasteiger partial charge in [-0.25, -0.2) is 4.98 Å². The Labute approximate surface area is 147 Å². The van der Waals surface area contributed by atoms with Crippen LogP contribution in [0.2, 0.25) is 0 Å². The van der Waals surface area contributed by atoms with Crippen LogP contribution in [-0.2, 0) is 0 Å². The van der Waals surface area contributed by atoms with Gasteiger partial charge in [0.2, 0.25) is 11.7 Å². The van der Waals surface area contributed by atoms with Gasteiger partial charge in [0.15, 0.2) is 0 Å². The fourth-order valence-corrected chi connectivity index (χ4v) is 3.58. The lowest BCUT2D eigenvalue weighted by molar-refractivity contribution is 0.131. The molecule has 2 aromatic heterocycles. The van der Waals surface area contributed by atoms with E-state index >= 15 is 0 Å². The van der Waals surface area contributed by atoms with Gasteiger partial charge in [-0.15, -0.1) is 0 Å². The zero-order valence-electron chi connectivity index (χ0n) is 14.6. The molecule has 25 heavy (non-hydrogen) atoms. The predicted octanol–water partition coefficient (Wildman–Crippen LogP) is 3.71. The highest BCUT2D eigenvalue weighted by molar-refractivity contribution is 5.58. The van der Waals surface area contributed by atoms with Gasteiger partial charge in [-0.3, -0.25) is 4.90 Å². The molecule has 3 heterocycles. The minimum atomic E-state index is 0.100. The fourth-order valence-electron chi connectivity index (χ4n) is 3.58. The molecule has 1 aliphatic rings. The second-order valence-electron chi connectivity index (χ2n) is 6.76. The van der Waals surface area contributed by atoms with Crippen LogP contribution in [0, 0.1) is 6.92 Å². The molecule has 6 heteroatoms. The summed E-state index contributed by atoms with van der Waals surface area (Å²) in [6, 6.07) is 8.21. The smallest absolute Gasteiger partial charge is 0.244 e. The number of aromatic nitrogens is 4. The van der Waals surface area contributed by atoms with Crippen molar-refractivity contribution in [3.05, 3.63) is 53.9 Å². The molecule has 0 unspecified atom stereocenters. The van der Waals surface area contributed by atoms with Crippen LogP contribution in [-0.4, -0.2) is 38.1 Å². The quantitative estimate of drug-likeness (QED) is 0.786. The van der Waals surface area contributed by atoms with Gasteiger partial charge in [-0.2, -0.15) is 4.98 Å². The number of imidazole rings is 1. The van der Waals surface area contributed by atoms with Gasteiger partial charge in [0.05, 0.1) is 6.04 Å². The number of benzene rings is 1. The second-order valence-corrected chi connectivity index (χ2v) is 6.76. The molecule has 4 rings (SSSR count). The van der Waals surface area contributed by atoms with Crippen molar-refractivity contribution in [1.82, 2.24) is 25.0 Å². The molecule has 0 aliphatic carbocycles. The highest BCUT2D eigenvalue weighted by Gasteiger charge is 2.29. The molecule has 1 N–H and O–H groups in total. The van der Waals surface area contributed by atoms with E-state index in [1.54, 1.807) is 0 Å². The Morgan fingerprint density at radius 2 is 2.20 bits per heavy atom. The van der Waals surface area contributed by atoms with Crippen LogP contribution < -0.4 is 0 Å². The van der Waals surface area contributed by atoms with E-state index in [2.05, 4.69) is 44.9 Å². The number of nitrogens with one attached hydrogen (secondary N) is 1. The molecule has 0 radical (unpaired) electrons. The summed E-state index contributed by atoms with van der Waals surface area (Å²) in [7, 11) is 0. The lowest BCUT2D eigenvalue weighted by Crippen LogP contribution is -2.36. The summed E-state index contributed by atoms with van der Waals surface area (Å²) in [5, 5.41) is 4.20. The molecule has 1 aliphatic heterocycles. The molecule has 0 bridgehead atoms. The van der Waals surface area contributed by atoms with E-state index in [1.807, 2.05) is 30.6 Å². The zero-order chi connectivity index (χ0) is 17.2. The molecule has 0 amide bonds. The SMILES string of the molecule is Cc1ccccc1-c1noc([C@H](C)N2CCC[C@@H](c3ncc[nH]3)C2)n1. The number of aromatic amines is 1. The van der Waals surface area contributed by atoms with Crippen molar-refractivity contribution in [2.45, 2.75) is 38.6 Å². The van der Waals surface area contributed by atoms with Gasteiger partial charge in [0, 0.05) is 30.4 Å². The van der Waals surface area contributed by atoms with Gasteiger partial charge in [-0.1, -0.05) is 29.4 Å². The lowest BCUT2D eigenvalue weighted by Gasteiger charge is -2.34. The van der Waals surface area contributed by atoms with Crippen LogP contribution in [0.3, 0.4) is 0 Å². The minimum absolute atomic E-state index is 0.100. The molecule has 0 saturated carbocycles. The Hall–Kier alpha value is -2.47. The van der Waals surface area contributed by atoms with E-state index in [0.717, 1.165) is 42.9 Å². The Bertz CT molecular complexity index is 826. The van der Waals surface area contributed by atoms with Gasteiger partial charge in [-0.05, 0) is 38.8 Å². The fraction of sp³-hybridized carbons (Fsp3) is 0.421. The normalized spacial score (nSPS) is 19.8. The van der Waals surface area contributed by atoms with Gasteiger partial charge in [0.1, 0.15) is 5.82 Å². The lowest BCUT2D eigenvalue weighted by atomic mass is 9.96. The summed E-state index contributed by atoms with van der Waals surface area (Å²) >= 11 is 0. The number of piperidine rings is 1. The molecule has 3 aromatic rings. The van der Waals surface area contributed by atoms with E-state index in [9.17, 15) is 0 Å². The standard InChI is InChI=1S/C19H23N5O/c1-13-6-3-4-8-16(13)18-22-19(25-23-18)14(2)24-11-5-7-15(12-24)17-20-9-10-21-17/h3-4,6,8-10,14-15H,5,7,11-12H2,1-2H3,(H,20,21)/t14-,15+/m0/s1. The summed E-state index contributed by atoms with van der Waals surface area (Å²) in [5.74, 6) is 2.85. The van der Waals surface area contributed by atoms with Crippen molar-refractivity contribution >= 4 is 0 Å². The predicted molar refractivity (Wildman–Crippen MR) is 95.0 cm³/mol. The van der Waals surface area contributed by atoms with Crippen molar-refractivity contribution < 1.29 is 4.52 Å². The molecule has 2 atom stereocenters. The number of rotatable bonds is 4. The highest BCUT2D eigenvalue weighted by Crippen LogP contribution is 2.31. The van der Waals surface area contributed by atoms with Crippen LogP contribution in [0.4, 0.5) is 0 Å². The zero-order valence-corrected chi connectivity index (χ0v) is 14.6. The van der Waals surface area contributed by atoms with Crippen LogP contribution in [0.5, 0.6) is 0 Å². The number of likely N-dealkylation sites (tertiary alicyclic amines) is 1. The van der Waals surface area contributed by atoms with E-state index in [1.165, 1.54) is 0 Å². The molecule has 0 spiro atoms. The molecular formula is C19H23N5O. The first-order chi connectivity index (χ1) is 12.2. The summed E-state index contributed by atoms with van der Waals surface area (Å²) in [6.45, 7) is 6.20. The first kappa shape index (κ1) is 16.0. The van der Waals surface area contributed by atoms with Crippen molar-refractivity contribution in [3.8, 4) is 11.4 Å². The molecule has 6 nitrogen and oxygen atoms in total. The number of hydrogen-bond acceptors (Lipinski definition) is 5. The van der Waals surface area contributed by atoms with Crippen LogP contribution in [0.15, 0.2) is 41.2 Å². The Morgan fingerprint density at radius 3 is 3.00 bits per heavy atom. The van der Waals surface area contributed by atoms with Crippen LogP contribution in [0.1, 0.15) is 49.0 Å². The maximum absolute atomic E-state index is 5.59. The van der Waals surface area contributed by atoms with Crippen molar-refractivity contribution in [1.29, 1.82) is 0 Å². The second kappa shape index (κ2) is 6.80. The summed E-state index contributed by atoms with van der Waals surface area (Å²) in [6.07, 6.45) is 6.03. The van der Waals surface area contributed by atoms with E-state index in [-0.39, 0.29) is 6.04 Å². The third-order valence-corrected chi connectivity index (χ3v) is 5.09. The summed E-state index contributed by atoms with van der Waals surface area (Å²) in [5.41, 5.74) is 2.18. The van der Waals surface area contributed by atoms with Crippen LogP contribution in [0.25, 0.3) is 11.4 Å². The monoisotopic (exact) mass is 337 g/mol. The first-order valence-electron chi connectivity index (χ1n) is 8.85. The maximum atomic E-state index is 5.59. The number of H-pyrrole nitrogens is 1. The number of hydrogen-bond donors (Lipinski definition) is 1. The summed E-state index contributed by atoms with van der Waals surface area (Å²) < 4.78 is 5.59. The molecule has 1 fully saturated rings. The van der Waals surface area contributed by atoms with Crippen molar-refractivity contribution in [2.24, 2.45) is 0 Å². The highest BCUT2D eigenvalue weighted by atomic mass is 16.5. The Balaban J connectivity index is 1.51. The molecule has 1 saturated heterocycles. The largest absolute Gasteiger partial charge is 0.348 e. The van der Waals surface area contributed by atoms with E-state index in [0.29, 0.717) is 17.6 Å². The molecule has 1 aromatic carbocycles. The van der Waals surface area contributed by atoms with Gasteiger partial charge in [0.25, 0.3) is 0 Å². The third kappa shape index (κ3) is 3.22. The van der Waals surface area contributed by atoms with Gasteiger partial charge >= 0.3 is 0 Å². The average Bonchev–Trinajstić information content (AvgIpc) is 3.34. The van der Waals surface area contributed by atoms with E-state index in [4.69, 9.17) is 4.52 Å². The number of nitrogens with zero attached hydrogens (tertiary/aromatic N) is 4. The maximum Gasteiger partial charge on any atom is 0.244 e.